The van der Waals surface area contributed by atoms with Gasteiger partial charge in [-0.05, 0) is 12.8 Å². The van der Waals surface area contributed by atoms with Crippen LogP contribution in [0.5, 0.6) is 0 Å². The maximum absolute atomic E-state index is 13.9. The van der Waals surface area contributed by atoms with Crippen LogP contribution in [0, 0.1) is 17.5 Å². The summed E-state index contributed by atoms with van der Waals surface area (Å²) in [6, 6.07) is 0.996. The molecular formula is C14H13F3N2O2. The number of amides is 2. The second kappa shape index (κ2) is 4.75. The molecule has 1 aromatic carbocycles. The number of rotatable bonds is 1. The van der Waals surface area contributed by atoms with E-state index in [-0.39, 0.29) is 0 Å². The lowest BCUT2D eigenvalue weighted by atomic mass is 9.92. The Morgan fingerprint density at radius 1 is 1.00 bits per heavy atom. The molecule has 1 aliphatic carbocycles. The fourth-order valence-corrected chi connectivity index (χ4v) is 3.06. The Hall–Kier alpha value is -2.05. The summed E-state index contributed by atoms with van der Waals surface area (Å²) >= 11 is 0. The van der Waals surface area contributed by atoms with Crippen molar-refractivity contribution in [1.82, 2.24) is 5.32 Å². The highest BCUT2D eigenvalue weighted by Gasteiger charge is 2.49. The molecular weight excluding hydrogens is 285 g/mol. The van der Waals surface area contributed by atoms with Crippen molar-refractivity contribution >= 4 is 17.5 Å². The number of halogens is 3. The highest BCUT2D eigenvalue weighted by Crippen LogP contribution is 2.35. The molecule has 1 saturated carbocycles. The largest absolute Gasteiger partial charge is 0.340 e. The van der Waals surface area contributed by atoms with Gasteiger partial charge in [0, 0.05) is 12.1 Å². The summed E-state index contributed by atoms with van der Waals surface area (Å²) in [4.78, 5) is 25.3. The smallest absolute Gasteiger partial charge is 0.253 e. The quantitative estimate of drug-likeness (QED) is 0.805. The van der Waals surface area contributed by atoms with E-state index in [1.807, 2.05) is 0 Å². The van der Waals surface area contributed by atoms with Crippen molar-refractivity contribution in [3.63, 3.8) is 0 Å². The maximum Gasteiger partial charge on any atom is 0.253 e. The van der Waals surface area contributed by atoms with Gasteiger partial charge in [0.05, 0.1) is 5.69 Å². The molecule has 112 valence electrons. The molecule has 2 fully saturated rings. The lowest BCUT2D eigenvalue weighted by Crippen LogP contribution is -2.65. The Labute approximate surface area is 118 Å². The number of piperazine rings is 1. The lowest BCUT2D eigenvalue weighted by Gasteiger charge is -2.39. The number of nitrogens with zero attached hydrogens (tertiary/aromatic N) is 1. The molecule has 2 amide bonds. The summed E-state index contributed by atoms with van der Waals surface area (Å²) in [5, 5.41) is 2.67. The van der Waals surface area contributed by atoms with E-state index in [9.17, 15) is 22.8 Å². The second-order valence-corrected chi connectivity index (χ2v) is 5.45. The lowest BCUT2D eigenvalue weighted by molar-refractivity contribution is -0.135. The number of anilines is 1. The first-order valence-electron chi connectivity index (χ1n) is 6.70. The molecule has 3 rings (SSSR count). The third-order valence-corrected chi connectivity index (χ3v) is 4.07. The number of nitrogens with one attached hydrogen (secondary N) is 1. The molecule has 1 heterocycles. The number of hydrogen-bond donors (Lipinski definition) is 1. The monoisotopic (exact) mass is 298 g/mol. The van der Waals surface area contributed by atoms with Gasteiger partial charge < -0.3 is 5.32 Å². The molecule has 1 spiro atoms. The van der Waals surface area contributed by atoms with Crippen LogP contribution in [0.25, 0.3) is 0 Å². The fraction of sp³-hybridized carbons (Fsp3) is 0.429. The molecule has 1 N–H and O–H groups in total. The van der Waals surface area contributed by atoms with Gasteiger partial charge in [0.15, 0.2) is 11.6 Å². The van der Waals surface area contributed by atoms with Gasteiger partial charge >= 0.3 is 0 Å². The van der Waals surface area contributed by atoms with E-state index < -0.39 is 47.0 Å². The van der Waals surface area contributed by atoms with Crippen LogP contribution in [-0.2, 0) is 9.59 Å². The zero-order valence-electron chi connectivity index (χ0n) is 11.1. The van der Waals surface area contributed by atoms with Crippen LogP contribution in [-0.4, -0.2) is 23.9 Å². The molecule has 1 aromatic rings. The Morgan fingerprint density at radius 2 is 1.62 bits per heavy atom. The van der Waals surface area contributed by atoms with Crippen molar-refractivity contribution in [1.29, 1.82) is 0 Å². The Bertz CT molecular complexity index is 627. The third-order valence-electron chi connectivity index (χ3n) is 4.07. The van der Waals surface area contributed by atoms with Gasteiger partial charge in [0.25, 0.3) is 5.91 Å². The molecule has 0 aromatic heterocycles. The van der Waals surface area contributed by atoms with Gasteiger partial charge in [-0.2, -0.15) is 0 Å². The van der Waals surface area contributed by atoms with E-state index in [0.717, 1.165) is 17.7 Å². The van der Waals surface area contributed by atoms with Crippen molar-refractivity contribution in [3.8, 4) is 0 Å². The fourth-order valence-electron chi connectivity index (χ4n) is 3.06. The predicted octanol–water partition coefficient (Wildman–Crippen LogP) is 1.88. The van der Waals surface area contributed by atoms with Gasteiger partial charge in [-0.1, -0.05) is 12.8 Å². The van der Waals surface area contributed by atoms with E-state index in [1.165, 1.54) is 0 Å². The Balaban J connectivity index is 2.03. The maximum atomic E-state index is 13.9. The second-order valence-electron chi connectivity index (χ2n) is 5.45. The summed E-state index contributed by atoms with van der Waals surface area (Å²) in [5.41, 5.74) is -1.44. The van der Waals surface area contributed by atoms with Gasteiger partial charge in [-0.3, -0.25) is 14.5 Å². The third kappa shape index (κ3) is 2.16. The average molecular weight is 298 g/mol. The number of carbonyl (C=O) groups is 2. The Kier molecular flexibility index (Phi) is 3.15. The predicted molar refractivity (Wildman–Crippen MR) is 68.0 cm³/mol. The van der Waals surface area contributed by atoms with Crippen LogP contribution in [0.15, 0.2) is 12.1 Å². The molecule has 0 radical (unpaired) electrons. The summed E-state index contributed by atoms with van der Waals surface area (Å²) < 4.78 is 40.2. The van der Waals surface area contributed by atoms with Crippen molar-refractivity contribution in [2.24, 2.45) is 0 Å². The van der Waals surface area contributed by atoms with Gasteiger partial charge in [0.2, 0.25) is 5.91 Å². The van der Waals surface area contributed by atoms with E-state index in [2.05, 4.69) is 5.32 Å². The highest BCUT2D eigenvalue weighted by atomic mass is 19.2. The van der Waals surface area contributed by atoms with Crippen LogP contribution in [0.4, 0.5) is 18.9 Å². The first-order valence-corrected chi connectivity index (χ1v) is 6.70. The molecule has 1 saturated heterocycles. The van der Waals surface area contributed by atoms with E-state index in [0.29, 0.717) is 25.0 Å². The molecule has 0 unspecified atom stereocenters. The first kappa shape index (κ1) is 13.9. The van der Waals surface area contributed by atoms with Crippen LogP contribution in [0.3, 0.4) is 0 Å². The molecule has 21 heavy (non-hydrogen) atoms. The van der Waals surface area contributed by atoms with Crippen LogP contribution in [0.1, 0.15) is 25.7 Å². The molecule has 1 aliphatic heterocycles. The molecule has 7 heteroatoms. The van der Waals surface area contributed by atoms with Crippen LogP contribution in [0.2, 0.25) is 0 Å². The highest BCUT2D eigenvalue weighted by molar-refractivity contribution is 6.09. The van der Waals surface area contributed by atoms with Crippen LogP contribution >= 0.6 is 0 Å². The molecule has 4 nitrogen and oxygen atoms in total. The summed E-state index contributed by atoms with van der Waals surface area (Å²) in [6.45, 7) is -0.400. The standard InChI is InChI=1S/C14H13F3N2O2/c15-8-5-10(17)11(6-9(8)16)19-7-12(20)18-14(13(19)21)3-1-2-4-14/h5-6H,1-4,7H2,(H,18,20). The van der Waals surface area contributed by atoms with Gasteiger partial charge in [-0.15, -0.1) is 0 Å². The number of hydrogen-bond acceptors (Lipinski definition) is 2. The Morgan fingerprint density at radius 3 is 2.29 bits per heavy atom. The van der Waals surface area contributed by atoms with E-state index >= 15 is 0 Å². The summed E-state index contributed by atoms with van der Waals surface area (Å²) in [5.74, 6) is -4.55. The molecule has 0 atom stereocenters. The molecule has 0 bridgehead atoms. The van der Waals surface area contributed by atoms with E-state index in [4.69, 9.17) is 0 Å². The van der Waals surface area contributed by atoms with Crippen molar-refractivity contribution in [2.75, 3.05) is 11.4 Å². The summed E-state index contributed by atoms with van der Waals surface area (Å²) in [7, 11) is 0. The van der Waals surface area contributed by atoms with Crippen LogP contribution < -0.4 is 10.2 Å². The minimum Gasteiger partial charge on any atom is -0.340 e. The van der Waals surface area contributed by atoms with Crippen molar-refractivity contribution in [3.05, 3.63) is 29.6 Å². The topological polar surface area (TPSA) is 49.4 Å². The average Bonchev–Trinajstić information content (AvgIpc) is 2.88. The van der Waals surface area contributed by atoms with E-state index in [1.54, 1.807) is 0 Å². The molecule has 2 aliphatic rings. The zero-order valence-corrected chi connectivity index (χ0v) is 11.1. The minimum atomic E-state index is -1.33. The normalized spacial score (nSPS) is 21.0. The SMILES string of the molecule is O=C1CN(c2cc(F)c(F)cc2F)C(=O)C2(CCCC2)N1. The van der Waals surface area contributed by atoms with Crippen molar-refractivity contribution < 1.29 is 22.8 Å². The minimum absolute atomic E-state index is 0.381. The van der Waals surface area contributed by atoms with Gasteiger partial charge in [-0.25, -0.2) is 13.2 Å². The van der Waals surface area contributed by atoms with Crippen molar-refractivity contribution in [2.45, 2.75) is 31.2 Å². The zero-order chi connectivity index (χ0) is 15.2. The number of benzene rings is 1. The van der Waals surface area contributed by atoms with Gasteiger partial charge in [0.1, 0.15) is 17.9 Å². The number of carbonyl (C=O) groups excluding carboxylic acids is 2. The summed E-state index contributed by atoms with van der Waals surface area (Å²) in [6.07, 6.45) is 2.50. The first-order chi connectivity index (χ1) is 9.93.